The molecule has 0 unspecified atom stereocenters. The molecule has 0 bridgehead atoms. The maximum Gasteiger partial charge on any atom is 0.273 e. The fourth-order valence-corrected chi connectivity index (χ4v) is 3.39. The smallest absolute Gasteiger partial charge is 0.273 e. The minimum atomic E-state index is -0.469. The van der Waals surface area contributed by atoms with Gasteiger partial charge in [0.15, 0.2) is 0 Å². The number of carbonyl (C=O) groups is 1. The van der Waals surface area contributed by atoms with E-state index in [1.54, 1.807) is 66.7 Å². The summed E-state index contributed by atoms with van der Waals surface area (Å²) in [6.07, 6.45) is 0. The van der Waals surface area contributed by atoms with Crippen LogP contribution in [0.4, 0.5) is 11.4 Å². The number of nitrogens with zero attached hydrogens (tertiary/aromatic N) is 2. The lowest BCUT2D eigenvalue weighted by atomic mass is 10.1. The standard InChI is InChI=1S/C20H18N2O4S/c1-14-5-6-15(12-19(14)22(24)25)20(23)21(13-18-4-3-11-27-18)16-7-9-17(26-2)10-8-16/h3-12H,13H2,1-2H3. The topological polar surface area (TPSA) is 72.7 Å². The Morgan fingerprint density at radius 3 is 2.52 bits per heavy atom. The molecule has 1 heterocycles. The third-order valence-corrected chi connectivity index (χ3v) is 5.04. The molecule has 0 aliphatic rings. The molecule has 0 aliphatic carbocycles. The lowest BCUT2D eigenvalue weighted by Crippen LogP contribution is -2.30. The van der Waals surface area contributed by atoms with Gasteiger partial charge in [0.1, 0.15) is 5.75 Å². The molecule has 27 heavy (non-hydrogen) atoms. The van der Waals surface area contributed by atoms with Crippen LogP contribution in [0.3, 0.4) is 0 Å². The number of rotatable bonds is 6. The molecule has 3 aromatic rings. The molecule has 1 amide bonds. The zero-order valence-electron chi connectivity index (χ0n) is 14.9. The Bertz CT molecular complexity index is 953. The number of amides is 1. The van der Waals surface area contributed by atoms with Crippen molar-refractivity contribution in [2.75, 3.05) is 12.0 Å². The zero-order chi connectivity index (χ0) is 19.4. The van der Waals surface area contributed by atoms with Crippen molar-refractivity contribution in [2.24, 2.45) is 0 Å². The van der Waals surface area contributed by atoms with E-state index in [1.165, 1.54) is 6.07 Å². The molecule has 0 saturated carbocycles. The summed E-state index contributed by atoms with van der Waals surface area (Å²) in [4.78, 5) is 26.6. The summed E-state index contributed by atoms with van der Waals surface area (Å²) >= 11 is 1.55. The van der Waals surface area contributed by atoms with Crippen molar-refractivity contribution in [3.8, 4) is 5.75 Å². The van der Waals surface area contributed by atoms with E-state index in [-0.39, 0.29) is 17.2 Å². The number of carbonyl (C=O) groups excluding carboxylic acids is 1. The van der Waals surface area contributed by atoms with Crippen molar-refractivity contribution < 1.29 is 14.5 Å². The largest absolute Gasteiger partial charge is 0.497 e. The van der Waals surface area contributed by atoms with E-state index >= 15 is 0 Å². The second-order valence-electron chi connectivity index (χ2n) is 5.93. The summed E-state index contributed by atoms with van der Waals surface area (Å²) in [7, 11) is 1.58. The number of methoxy groups -OCH3 is 1. The van der Waals surface area contributed by atoms with E-state index in [0.29, 0.717) is 23.5 Å². The van der Waals surface area contributed by atoms with Gasteiger partial charge < -0.3 is 9.64 Å². The molecule has 6 nitrogen and oxygen atoms in total. The molecule has 0 N–H and O–H groups in total. The summed E-state index contributed by atoms with van der Waals surface area (Å²) in [5.41, 5.74) is 1.43. The van der Waals surface area contributed by atoms with Gasteiger partial charge in [0, 0.05) is 27.8 Å². The third-order valence-electron chi connectivity index (χ3n) is 4.18. The van der Waals surface area contributed by atoms with Crippen LogP contribution in [0, 0.1) is 17.0 Å². The van der Waals surface area contributed by atoms with Gasteiger partial charge in [-0.2, -0.15) is 0 Å². The summed E-state index contributed by atoms with van der Waals surface area (Å²) in [5.74, 6) is 0.393. The fraction of sp³-hybridized carbons (Fsp3) is 0.150. The highest BCUT2D eigenvalue weighted by Gasteiger charge is 2.22. The second-order valence-corrected chi connectivity index (χ2v) is 6.96. The molecule has 3 rings (SSSR count). The van der Waals surface area contributed by atoms with Gasteiger partial charge in [-0.25, -0.2) is 0 Å². The van der Waals surface area contributed by atoms with Crippen LogP contribution in [0.15, 0.2) is 60.0 Å². The molecule has 1 aromatic heterocycles. The van der Waals surface area contributed by atoms with Crippen molar-refractivity contribution in [2.45, 2.75) is 13.5 Å². The predicted octanol–water partition coefficient (Wildman–Crippen LogP) is 4.82. The molecule has 7 heteroatoms. The highest BCUT2D eigenvalue weighted by Crippen LogP contribution is 2.26. The normalized spacial score (nSPS) is 10.4. The number of nitro benzene ring substituents is 1. The van der Waals surface area contributed by atoms with Crippen molar-refractivity contribution in [3.05, 3.63) is 86.1 Å². The first-order chi connectivity index (χ1) is 13.0. The van der Waals surface area contributed by atoms with Gasteiger partial charge in [-0.3, -0.25) is 14.9 Å². The molecule has 0 fully saturated rings. The Kier molecular flexibility index (Phi) is 5.52. The van der Waals surface area contributed by atoms with Crippen LogP contribution in [0.1, 0.15) is 20.8 Å². The average Bonchev–Trinajstić information content (AvgIpc) is 3.19. The summed E-state index contributed by atoms with van der Waals surface area (Å²) < 4.78 is 5.18. The van der Waals surface area contributed by atoms with Crippen molar-refractivity contribution >= 4 is 28.6 Å². The zero-order valence-corrected chi connectivity index (χ0v) is 15.7. The molecular formula is C20H18N2O4S. The van der Waals surface area contributed by atoms with E-state index in [9.17, 15) is 14.9 Å². The first-order valence-corrected chi connectivity index (χ1v) is 9.11. The molecule has 2 aromatic carbocycles. The predicted molar refractivity (Wildman–Crippen MR) is 106 cm³/mol. The van der Waals surface area contributed by atoms with Gasteiger partial charge in [-0.15, -0.1) is 11.3 Å². The summed E-state index contributed by atoms with van der Waals surface area (Å²) in [6, 6.07) is 15.6. The second kappa shape index (κ2) is 8.01. The van der Waals surface area contributed by atoms with E-state index in [4.69, 9.17) is 4.74 Å². The number of aryl methyl sites for hydroxylation is 1. The number of thiophene rings is 1. The van der Waals surface area contributed by atoms with Crippen molar-refractivity contribution in [3.63, 3.8) is 0 Å². The number of nitro groups is 1. The van der Waals surface area contributed by atoms with Crippen molar-refractivity contribution in [1.29, 1.82) is 0 Å². The molecule has 138 valence electrons. The molecule has 0 atom stereocenters. The van der Waals surface area contributed by atoms with Gasteiger partial charge in [-0.05, 0) is 48.7 Å². The Hall–Kier alpha value is -3.19. The van der Waals surface area contributed by atoms with Crippen LogP contribution in [-0.2, 0) is 6.54 Å². The van der Waals surface area contributed by atoms with Crippen LogP contribution < -0.4 is 9.64 Å². The highest BCUT2D eigenvalue weighted by molar-refractivity contribution is 7.09. The van der Waals surface area contributed by atoms with Crippen LogP contribution in [-0.4, -0.2) is 17.9 Å². The first-order valence-electron chi connectivity index (χ1n) is 8.23. The van der Waals surface area contributed by atoms with Crippen LogP contribution in [0.2, 0.25) is 0 Å². The van der Waals surface area contributed by atoms with Gasteiger partial charge >= 0.3 is 0 Å². The highest BCUT2D eigenvalue weighted by atomic mass is 32.1. The molecule has 0 spiro atoms. The average molecular weight is 382 g/mol. The van der Waals surface area contributed by atoms with E-state index in [2.05, 4.69) is 0 Å². The third kappa shape index (κ3) is 4.15. The SMILES string of the molecule is COc1ccc(N(Cc2cccs2)C(=O)c2ccc(C)c([N+](=O)[O-])c2)cc1. The molecule has 0 saturated heterocycles. The molecular weight excluding hydrogens is 364 g/mol. The van der Waals surface area contributed by atoms with E-state index < -0.39 is 4.92 Å². The van der Waals surface area contributed by atoms with Crippen molar-refractivity contribution in [1.82, 2.24) is 0 Å². The fourth-order valence-electron chi connectivity index (χ4n) is 2.70. The Balaban J connectivity index is 1.99. The minimum absolute atomic E-state index is 0.0633. The lowest BCUT2D eigenvalue weighted by molar-refractivity contribution is -0.385. The Labute approximate surface area is 160 Å². The van der Waals surface area contributed by atoms with Gasteiger partial charge in [-0.1, -0.05) is 12.1 Å². The summed E-state index contributed by atoms with van der Waals surface area (Å²) in [6.45, 7) is 2.03. The van der Waals surface area contributed by atoms with Crippen LogP contribution in [0.25, 0.3) is 0 Å². The van der Waals surface area contributed by atoms with E-state index in [0.717, 1.165) is 4.88 Å². The maximum atomic E-state index is 13.2. The molecule has 0 radical (unpaired) electrons. The van der Waals surface area contributed by atoms with Crippen LogP contribution >= 0.6 is 11.3 Å². The van der Waals surface area contributed by atoms with Gasteiger partial charge in [0.05, 0.1) is 18.6 Å². The summed E-state index contributed by atoms with van der Waals surface area (Å²) in [5, 5.41) is 13.2. The molecule has 0 aliphatic heterocycles. The minimum Gasteiger partial charge on any atom is -0.497 e. The number of hydrogen-bond acceptors (Lipinski definition) is 5. The first kappa shape index (κ1) is 18.6. The van der Waals surface area contributed by atoms with Crippen LogP contribution in [0.5, 0.6) is 5.75 Å². The number of ether oxygens (including phenoxy) is 1. The number of hydrogen-bond donors (Lipinski definition) is 0. The number of benzene rings is 2. The quantitative estimate of drug-likeness (QED) is 0.452. The monoisotopic (exact) mass is 382 g/mol. The Morgan fingerprint density at radius 1 is 1.19 bits per heavy atom. The Morgan fingerprint density at radius 2 is 1.93 bits per heavy atom. The van der Waals surface area contributed by atoms with E-state index in [1.807, 2.05) is 17.5 Å². The maximum absolute atomic E-state index is 13.2. The number of anilines is 1. The lowest BCUT2D eigenvalue weighted by Gasteiger charge is -2.23. The van der Waals surface area contributed by atoms with Gasteiger partial charge in [0.2, 0.25) is 0 Å². The van der Waals surface area contributed by atoms with Gasteiger partial charge in [0.25, 0.3) is 11.6 Å².